The van der Waals surface area contributed by atoms with Crippen LogP contribution >= 0.6 is 23.8 Å². The van der Waals surface area contributed by atoms with Crippen LogP contribution in [0.15, 0.2) is 119 Å². The number of aromatic nitrogens is 4. The summed E-state index contributed by atoms with van der Waals surface area (Å²) in [4.78, 5) is 6.25. The summed E-state index contributed by atoms with van der Waals surface area (Å²) in [7, 11) is 0. The van der Waals surface area contributed by atoms with Crippen LogP contribution in [0.3, 0.4) is 0 Å². The van der Waals surface area contributed by atoms with E-state index in [2.05, 4.69) is 125 Å². The van der Waals surface area contributed by atoms with Crippen molar-refractivity contribution in [1.29, 1.82) is 0 Å². The molecule has 248 valence electrons. The van der Waals surface area contributed by atoms with Crippen molar-refractivity contribution in [2.24, 2.45) is 5.90 Å². The predicted octanol–water partition coefficient (Wildman–Crippen LogP) is 10.8. The van der Waals surface area contributed by atoms with Gasteiger partial charge in [0.15, 0.2) is 0 Å². The molecule has 2 heterocycles. The fourth-order valence-electron chi connectivity index (χ4n) is 4.68. The third-order valence-electron chi connectivity index (χ3n) is 6.93. The molecule has 0 bridgehead atoms. The molecular weight excluding hydrogens is 623 g/mol. The lowest BCUT2D eigenvalue weighted by Gasteiger charge is -2.08. The minimum absolute atomic E-state index is 0. The summed E-state index contributed by atoms with van der Waals surface area (Å²) in [5.74, 6) is 4.84. The van der Waals surface area contributed by atoms with Crippen molar-refractivity contribution in [3.8, 4) is 33.9 Å². The molecular formula is C38H47N5O2S2. The molecule has 47 heavy (non-hydrogen) atoms. The highest BCUT2D eigenvalue weighted by Gasteiger charge is 2.11. The van der Waals surface area contributed by atoms with Gasteiger partial charge in [-0.2, -0.15) is 16.1 Å². The maximum absolute atomic E-state index is 4.84. The van der Waals surface area contributed by atoms with Crippen LogP contribution in [-0.2, 0) is 9.32 Å². The first-order chi connectivity index (χ1) is 21.3. The molecule has 0 aliphatic rings. The molecule has 0 aliphatic carbocycles. The van der Waals surface area contributed by atoms with Crippen LogP contribution in [0.5, 0.6) is 0 Å². The van der Waals surface area contributed by atoms with Crippen LogP contribution in [-0.4, -0.2) is 25.8 Å². The van der Waals surface area contributed by atoms with Crippen molar-refractivity contribution in [2.45, 2.75) is 59.8 Å². The van der Waals surface area contributed by atoms with E-state index in [1.54, 1.807) is 11.8 Å². The molecule has 0 amide bonds. The van der Waals surface area contributed by atoms with Gasteiger partial charge in [0.2, 0.25) is 0 Å². The van der Waals surface area contributed by atoms with Crippen LogP contribution in [0.2, 0.25) is 0 Å². The largest absolute Gasteiger partial charge is 0.233 e. The lowest BCUT2D eigenvalue weighted by atomic mass is 10.1. The van der Waals surface area contributed by atoms with E-state index in [0.29, 0.717) is 0 Å². The number of nitrogens with two attached hydrogens (primary N) is 1. The van der Waals surface area contributed by atoms with Crippen LogP contribution in [0, 0.1) is 27.7 Å². The van der Waals surface area contributed by atoms with Crippen LogP contribution in [0.25, 0.3) is 33.9 Å². The number of aryl methyl sites for hydroxylation is 4. The van der Waals surface area contributed by atoms with Crippen molar-refractivity contribution in [3.63, 3.8) is 0 Å². The second-order valence-electron chi connectivity index (χ2n) is 10.3. The normalized spacial score (nSPS) is 10.2. The van der Waals surface area contributed by atoms with E-state index in [9.17, 15) is 0 Å². The van der Waals surface area contributed by atoms with Crippen LogP contribution in [0.1, 0.15) is 44.8 Å². The fourth-order valence-corrected chi connectivity index (χ4v) is 5.45. The first kappa shape index (κ1) is 39.1. The molecule has 6 rings (SSSR count). The van der Waals surface area contributed by atoms with Gasteiger partial charge in [-0.3, -0.25) is 0 Å². The van der Waals surface area contributed by atoms with E-state index in [-0.39, 0.29) is 22.3 Å². The molecule has 0 saturated heterocycles. The maximum atomic E-state index is 4.84. The minimum Gasteiger partial charge on any atom is -0.233 e. The smallest absolute Gasteiger partial charge is 0.0743 e. The van der Waals surface area contributed by atoms with Crippen molar-refractivity contribution < 1.29 is 9.32 Å². The first-order valence-corrected chi connectivity index (χ1v) is 16.0. The summed E-state index contributed by atoms with van der Waals surface area (Å²) in [5.41, 5.74) is 11.1. The number of nitrogens with zero attached hydrogens (tertiary/aromatic N) is 4. The summed E-state index contributed by atoms with van der Waals surface area (Å²) in [6, 6.07) is 37.5. The van der Waals surface area contributed by atoms with Gasteiger partial charge in [-0.15, -0.1) is 21.1 Å². The third kappa shape index (κ3) is 9.93. The van der Waals surface area contributed by atoms with E-state index in [0.717, 1.165) is 56.7 Å². The summed E-state index contributed by atoms with van der Waals surface area (Å²) in [6.45, 7) is 8.21. The standard InChI is InChI=1S/C18H18N2S.C17H17N3O2S.3CH4/c1-13-4-6-15(7-5-13)18-12-14(2)19-20(18)16-8-10-17(21-3)11-9-16;1-12-3-5-14(6-4-12)17-11-13(2)19-20(17)15-7-9-16(10-8-15)23-22-21-18;;;/h4-12H,1-3H3;3-11H,18H2,1-2H3;3*1H4. The Morgan fingerprint density at radius 3 is 1.30 bits per heavy atom. The van der Waals surface area contributed by atoms with Gasteiger partial charge >= 0.3 is 0 Å². The molecule has 0 saturated carbocycles. The quantitative estimate of drug-likeness (QED) is 0.0747. The molecule has 2 aromatic heterocycles. The van der Waals surface area contributed by atoms with Crippen molar-refractivity contribution >= 4 is 23.8 Å². The molecule has 9 heteroatoms. The Balaban J connectivity index is 0.000000308. The summed E-state index contributed by atoms with van der Waals surface area (Å²) in [6.07, 6.45) is 2.09. The van der Waals surface area contributed by atoms with E-state index < -0.39 is 0 Å². The number of hydrogen-bond donors (Lipinski definition) is 1. The first-order valence-electron chi connectivity index (χ1n) is 14.1. The highest BCUT2D eigenvalue weighted by molar-refractivity contribution is 7.98. The fraction of sp³-hybridized carbons (Fsp3) is 0.211. The molecule has 4 aromatic carbocycles. The Morgan fingerprint density at radius 2 is 0.936 bits per heavy atom. The van der Waals surface area contributed by atoms with Crippen LogP contribution < -0.4 is 5.90 Å². The average Bonchev–Trinajstić information content (AvgIpc) is 3.64. The highest BCUT2D eigenvalue weighted by atomic mass is 32.2. The molecule has 6 aromatic rings. The Morgan fingerprint density at radius 1 is 0.553 bits per heavy atom. The molecule has 0 atom stereocenters. The average molecular weight is 670 g/mol. The van der Waals surface area contributed by atoms with Gasteiger partial charge in [0, 0.05) is 20.9 Å². The molecule has 0 fully saturated rings. The van der Waals surface area contributed by atoms with Crippen molar-refractivity contribution in [1.82, 2.24) is 19.6 Å². The number of benzene rings is 4. The summed E-state index contributed by atoms with van der Waals surface area (Å²) >= 11 is 2.81. The maximum Gasteiger partial charge on any atom is 0.0743 e. The van der Waals surface area contributed by atoms with E-state index >= 15 is 0 Å². The molecule has 7 nitrogen and oxygen atoms in total. The monoisotopic (exact) mass is 669 g/mol. The topological polar surface area (TPSA) is 80.1 Å². The molecule has 0 unspecified atom stereocenters. The predicted molar refractivity (Wildman–Crippen MR) is 201 cm³/mol. The van der Waals surface area contributed by atoms with E-state index in [1.807, 2.05) is 47.5 Å². The Bertz CT molecular complexity index is 1800. The van der Waals surface area contributed by atoms with Gasteiger partial charge in [-0.25, -0.2) is 9.36 Å². The number of hydrogen-bond acceptors (Lipinski definition) is 7. The third-order valence-corrected chi connectivity index (χ3v) is 8.28. The summed E-state index contributed by atoms with van der Waals surface area (Å²) in [5, 5.41) is 9.25. The van der Waals surface area contributed by atoms with Crippen LogP contribution in [0.4, 0.5) is 0 Å². The Kier molecular flexibility index (Phi) is 15.2. The number of rotatable bonds is 8. The highest BCUT2D eigenvalue weighted by Crippen LogP contribution is 2.27. The van der Waals surface area contributed by atoms with E-state index in [4.69, 9.17) is 5.90 Å². The lowest BCUT2D eigenvalue weighted by molar-refractivity contribution is -0.195. The minimum atomic E-state index is 0. The lowest BCUT2D eigenvalue weighted by Crippen LogP contribution is -1.99. The number of thioether (sulfide) groups is 1. The van der Waals surface area contributed by atoms with Gasteiger partial charge < -0.3 is 0 Å². The molecule has 0 radical (unpaired) electrons. The Labute approximate surface area is 289 Å². The van der Waals surface area contributed by atoms with Crippen molar-refractivity contribution in [3.05, 3.63) is 132 Å². The SMILES string of the molecule is C.C.C.CSc1ccc(-n2nc(C)cc2-c2ccc(C)cc2)cc1.Cc1ccc(-c2cc(C)nn2-c2ccc(SOON)cc2)cc1. The summed E-state index contributed by atoms with van der Waals surface area (Å²) < 4.78 is 8.60. The van der Waals surface area contributed by atoms with E-state index in [1.165, 1.54) is 21.6 Å². The second kappa shape index (κ2) is 18.3. The Hall–Kier alpha value is -4.12. The van der Waals surface area contributed by atoms with Gasteiger partial charge in [-0.1, -0.05) is 81.9 Å². The zero-order valence-corrected chi connectivity index (χ0v) is 27.0. The molecule has 2 N–H and O–H groups in total. The molecule has 0 aliphatic heterocycles. The van der Waals surface area contributed by atoms with Gasteiger partial charge in [0.1, 0.15) is 0 Å². The van der Waals surface area contributed by atoms with Gasteiger partial charge in [0.25, 0.3) is 0 Å². The van der Waals surface area contributed by atoms with Gasteiger partial charge in [0.05, 0.1) is 46.2 Å². The second-order valence-corrected chi connectivity index (χ2v) is 12.0. The molecule has 0 spiro atoms. The van der Waals surface area contributed by atoms with Crippen molar-refractivity contribution in [2.75, 3.05) is 6.26 Å². The van der Waals surface area contributed by atoms with Gasteiger partial charge in [-0.05, 0) is 94.6 Å². The zero-order chi connectivity index (χ0) is 31.1. The zero-order valence-electron chi connectivity index (χ0n) is 25.4.